The van der Waals surface area contributed by atoms with Crippen LogP contribution in [0.4, 0.5) is 0 Å². The summed E-state index contributed by atoms with van der Waals surface area (Å²) in [7, 11) is 0. The van der Waals surface area contributed by atoms with Crippen molar-refractivity contribution in [3.8, 4) is 27.9 Å². The molecule has 0 aliphatic carbocycles. The Balaban J connectivity index is 1.10. The van der Waals surface area contributed by atoms with Crippen molar-refractivity contribution in [1.82, 2.24) is 15.2 Å². The van der Waals surface area contributed by atoms with Crippen LogP contribution in [-0.2, 0) is 0 Å². The Morgan fingerprint density at radius 1 is 0.446 bits per heavy atom. The average molecular weight is 720 g/mol. The van der Waals surface area contributed by atoms with Gasteiger partial charge in [-0.3, -0.25) is 5.32 Å². The lowest BCUT2D eigenvalue weighted by molar-refractivity contribution is 0.442. The van der Waals surface area contributed by atoms with Gasteiger partial charge in [0.05, 0.1) is 17.1 Å². The normalized spacial score (nSPS) is 15.7. The van der Waals surface area contributed by atoms with E-state index in [9.17, 15) is 0 Å². The molecular formula is C52H37N3O. The fourth-order valence-corrected chi connectivity index (χ4v) is 8.56. The number of rotatable bonds is 6. The second-order valence-corrected chi connectivity index (χ2v) is 14.6. The van der Waals surface area contributed by atoms with Crippen molar-refractivity contribution in [2.24, 2.45) is 0 Å². The van der Waals surface area contributed by atoms with Crippen molar-refractivity contribution in [3.05, 3.63) is 217 Å². The van der Waals surface area contributed by atoms with Gasteiger partial charge in [0.15, 0.2) is 0 Å². The third-order valence-electron chi connectivity index (χ3n) is 11.3. The lowest BCUT2D eigenvalue weighted by Gasteiger charge is -2.33. The van der Waals surface area contributed by atoms with Gasteiger partial charge in [-0.15, -0.1) is 0 Å². The molecule has 2 aromatic heterocycles. The molecule has 4 heteroatoms. The SMILES string of the molecule is C1=C(c2ccccc2)NC(c2ccccc2)NC1c1cccc(-n2c3cc(-c4ccccc4)ccc3c3ccc(-c4cccc5c4oc4ccccc45)cc32)c1. The first-order chi connectivity index (χ1) is 27.7. The van der Waals surface area contributed by atoms with Gasteiger partial charge in [0, 0.05) is 38.5 Å². The summed E-state index contributed by atoms with van der Waals surface area (Å²) >= 11 is 0. The van der Waals surface area contributed by atoms with Crippen LogP contribution in [0.2, 0.25) is 0 Å². The van der Waals surface area contributed by atoms with Crippen molar-refractivity contribution in [3.63, 3.8) is 0 Å². The van der Waals surface area contributed by atoms with E-state index in [0.29, 0.717) is 0 Å². The van der Waals surface area contributed by atoms with Crippen LogP contribution in [0.3, 0.4) is 0 Å². The number of furan rings is 1. The number of para-hydroxylation sites is 2. The van der Waals surface area contributed by atoms with E-state index in [2.05, 4.69) is 209 Å². The smallest absolute Gasteiger partial charge is 0.143 e. The summed E-state index contributed by atoms with van der Waals surface area (Å²) in [4.78, 5) is 0. The Hall–Kier alpha value is -7.14. The molecule has 1 aliphatic rings. The molecule has 0 saturated heterocycles. The summed E-state index contributed by atoms with van der Waals surface area (Å²) in [5.41, 5.74) is 14.5. The first kappa shape index (κ1) is 32.3. The largest absolute Gasteiger partial charge is 0.455 e. The van der Waals surface area contributed by atoms with Gasteiger partial charge in [0.1, 0.15) is 17.3 Å². The molecule has 0 radical (unpaired) electrons. The lowest BCUT2D eigenvalue weighted by atomic mass is 9.98. The Morgan fingerprint density at radius 2 is 1.07 bits per heavy atom. The van der Waals surface area contributed by atoms with E-state index in [1.165, 1.54) is 44.1 Å². The van der Waals surface area contributed by atoms with E-state index in [4.69, 9.17) is 4.42 Å². The molecule has 2 unspecified atom stereocenters. The van der Waals surface area contributed by atoms with Crippen LogP contribution in [0.15, 0.2) is 205 Å². The average Bonchev–Trinajstić information content (AvgIpc) is 3.82. The molecule has 10 aromatic rings. The topological polar surface area (TPSA) is 42.1 Å². The highest BCUT2D eigenvalue weighted by molar-refractivity contribution is 6.13. The summed E-state index contributed by atoms with van der Waals surface area (Å²) in [5.74, 6) is 0. The second-order valence-electron chi connectivity index (χ2n) is 14.6. The van der Waals surface area contributed by atoms with E-state index >= 15 is 0 Å². The first-order valence-electron chi connectivity index (χ1n) is 19.2. The maximum Gasteiger partial charge on any atom is 0.143 e. The number of hydrogen-bond acceptors (Lipinski definition) is 3. The van der Waals surface area contributed by atoms with Crippen molar-refractivity contribution in [1.29, 1.82) is 0 Å². The predicted molar refractivity (Wildman–Crippen MR) is 232 cm³/mol. The zero-order chi connectivity index (χ0) is 37.0. The first-order valence-corrected chi connectivity index (χ1v) is 19.2. The highest BCUT2D eigenvalue weighted by Gasteiger charge is 2.25. The third kappa shape index (κ3) is 5.50. The Kier molecular flexibility index (Phi) is 7.68. The van der Waals surface area contributed by atoms with Gasteiger partial charge in [-0.1, -0.05) is 164 Å². The van der Waals surface area contributed by atoms with Gasteiger partial charge in [-0.25, -0.2) is 0 Å². The molecule has 8 aromatic carbocycles. The molecule has 0 spiro atoms. The molecule has 1 aliphatic heterocycles. The molecular weight excluding hydrogens is 683 g/mol. The highest BCUT2D eigenvalue weighted by atomic mass is 16.3. The number of hydrogen-bond donors (Lipinski definition) is 2. The highest BCUT2D eigenvalue weighted by Crippen LogP contribution is 2.41. The third-order valence-corrected chi connectivity index (χ3v) is 11.3. The molecule has 0 amide bonds. The zero-order valence-electron chi connectivity index (χ0n) is 30.6. The summed E-state index contributed by atoms with van der Waals surface area (Å²) in [5, 5.41) is 12.4. The van der Waals surface area contributed by atoms with Crippen LogP contribution >= 0.6 is 0 Å². The quantitative estimate of drug-likeness (QED) is 0.180. The van der Waals surface area contributed by atoms with Gasteiger partial charge < -0.3 is 14.3 Å². The fourth-order valence-electron chi connectivity index (χ4n) is 8.56. The van der Waals surface area contributed by atoms with Crippen LogP contribution < -0.4 is 10.6 Å². The molecule has 2 atom stereocenters. The molecule has 4 nitrogen and oxygen atoms in total. The zero-order valence-corrected chi connectivity index (χ0v) is 30.6. The summed E-state index contributed by atoms with van der Waals surface area (Å²) in [6.07, 6.45) is 2.26. The van der Waals surface area contributed by atoms with Crippen molar-refractivity contribution >= 4 is 49.4 Å². The van der Waals surface area contributed by atoms with E-state index in [1.54, 1.807) is 0 Å². The van der Waals surface area contributed by atoms with Crippen LogP contribution in [-0.4, -0.2) is 4.57 Å². The Bertz CT molecular complexity index is 3090. The monoisotopic (exact) mass is 719 g/mol. The van der Waals surface area contributed by atoms with E-state index in [1.807, 2.05) is 6.07 Å². The fraction of sp³-hybridized carbons (Fsp3) is 0.0385. The number of fused-ring (bicyclic) bond motifs is 6. The Morgan fingerprint density at radius 3 is 1.86 bits per heavy atom. The minimum Gasteiger partial charge on any atom is -0.455 e. The van der Waals surface area contributed by atoms with Gasteiger partial charge in [0.25, 0.3) is 0 Å². The minimum atomic E-state index is -0.0600. The molecule has 0 bridgehead atoms. The summed E-state index contributed by atoms with van der Waals surface area (Å²) in [6, 6.07) is 69.4. The van der Waals surface area contributed by atoms with Gasteiger partial charge in [-0.05, 0) is 69.8 Å². The number of benzene rings is 8. The molecule has 266 valence electrons. The van der Waals surface area contributed by atoms with Crippen LogP contribution in [0, 0.1) is 0 Å². The van der Waals surface area contributed by atoms with Crippen molar-refractivity contribution in [2.75, 3.05) is 0 Å². The number of nitrogens with zero attached hydrogens (tertiary/aromatic N) is 1. The summed E-state index contributed by atoms with van der Waals surface area (Å²) in [6.45, 7) is 0. The van der Waals surface area contributed by atoms with Crippen molar-refractivity contribution < 1.29 is 4.42 Å². The van der Waals surface area contributed by atoms with Crippen LogP contribution in [0.5, 0.6) is 0 Å². The molecule has 0 fully saturated rings. The van der Waals surface area contributed by atoms with Crippen molar-refractivity contribution in [2.45, 2.75) is 12.2 Å². The lowest BCUT2D eigenvalue weighted by Crippen LogP contribution is -2.39. The molecule has 2 N–H and O–H groups in total. The van der Waals surface area contributed by atoms with Gasteiger partial charge in [-0.2, -0.15) is 0 Å². The maximum absolute atomic E-state index is 6.53. The standard InChI is InChI=1S/C52H37N3O/c1-4-14-34(15-5-1)37-26-28-42-43-29-27-38(41-23-13-24-45-44-22-10-11-25-50(44)56-51(41)45)32-49(43)55(48(42)31-37)40-21-12-20-39(30-40)47-33-46(35-16-6-2-7-17-35)53-52(54-47)36-18-8-3-9-19-36/h1-33,47,52-54H. The number of aromatic nitrogens is 1. The van der Waals surface area contributed by atoms with E-state index in [0.717, 1.165) is 50.0 Å². The van der Waals surface area contributed by atoms with E-state index < -0.39 is 0 Å². The van der Waals surface area contributed by atoms with Gasteiger partial charge in [0.2, 0.25) is 0 Å². The molecule has 0 saturated carbocycles. The molecule has 56 heavy (non-hydrogen) atoms. The van der Waals surface area contributed by atoms with Gasteiger partial charge >= 0.3 is 0 Å². The van der Waals surface area contributed by atoms with E-state index in [-0.39, 0.29) is 12.2 Å². The molecule has 3 heterocycles. The van der Waals surface area contributed by atoms with Crippen LogP contribution in [0.1, 0.15) is 28.9 Å². The number of nitrogens with one attached hydrogen (secondary N) is 2. The minimum absolute atomic E-state index is 0.0363. The van der Waals surface area contributed by atoms with Crippen LogP contribution in [0.25, 0.3) is 77.4 Å². The maximum atomic E-state index is 6.53. The molecule has 11 rings (SSSR count). The Labute approximate surface area is 325 Å². The summed E-state index contributed by atoms with van der Waals surface area (Å²) < 4.78 is 8.97. The predicted octanol–water partition coefficient (Wildman–Crippen LogP) is 13.0. The second kappa shape index (κ2) is 13.3.